The minimum Gasteiger partial charge on any atom is -0.497 e. The normalized spacial score (nSPS) is 12.4. The maximum Gasteiger partial charge on any atom is 0.416 e. The summed E-state index contributed by atoms with van der Waals surface area (Å²) in [5, 5.41) is 0.711. The van der Waals surface area contributed by atoms with Gasteiger partial charge in [0, 0.05) is 17.1 Å². The molecule has 1 aromatic heterocycles. The predicted molar refractivity (Wildman–Crippen MR) is 140 cm³/mol. The van der Waals surface area contributed by atoms with Crippen LogP contribution >= 0.6 is 11.6 Å². The van der Waals surface area contributed by atoms with Crippen molar-refractivity contribution in [2.24, 2.45) is 0 Å². The van der Waals surface area contributed by atoms with Gasteiger partial charge in [0.25, 0.3) is 11.5 Å². The van der Waals surface area contributed by atoms with Gasteiger partial charge in [-0.05, 0) is 74.0 Å². The second-order valence-corrected chi connectivity index (χ2v) is 9.16. The fourth-order valence-electron chi connectivity index (χ4n) is 4.28. The molecule has 4 aromatic rings. The molecule has 0 N–H and O–H groups in total. The van der Waals surface area contributed by atoms with Gasteiger partial charge in [-0.25, -0.2) is 4.98 Å². The third-order valence-electron chi connectivity index (χ3n) is 6.19. The molecule has 0 radical (unpaired) electrons. The lowest BCUT2D eigenvalue weighted by Crippen LogP contribution is -2.38. The molecule has 0 saturated carbocycles. The molecule has 1 unspecified atom stereocenters. The van der Waals surface area contributed by atoms with E-state index in [1.165, 1.54) is 28.7 Å². The SMILES string of the molecule is CCCN(C(=O)c1cccc(C(F)(F)F)c1)C(C)c1nc2cc(Cl)ccc2c(=O)n1-c1ccc(OC)cc1. The van der Waals surface area contributed by atoms with Gasteiger partial charge < -0.3 is 9.64 Å². The summed E-state index contributed by atoms with van der Waals surface area (Å²) in [6, 6.07) is 15.0. The monoisotopic (exact) mass is 543 g/mol. The molecule has 0 aliphatic rings. The molecule has 6 nitrogen and oxygen atoms in total. The first-order chi connectivity index (χ1) is 18.0. The Hall–Kier alpha value is -3.85. The predicted octanol–water partition coefficient (Wildman–Crippen LogP) is 6.68. The molecule has 0 spiro atoms. The summed E-state index contributed by atoms with van der Waals surface area (Å²) in [7, 11) is 1.53. The number of hydrogen-bond donors (Lipinski definition) is 0. The van der Waals surface area contributed by atoms with Crippen LogP contribution in [0.3, 0.4) is 0 Å². The van der Waals surface area contributed by atoms with E-state index < -0.39 is 23.7 Å². The molecular formula is C28H25ClF3N3O3. The van der Waals surface area contributed by atoms with E-state index in [4.69, 9.17) is 21.3 Å². The van der Waals surface area contributed by atoms with Crippen LogP contribution in [0.25, 0.3) is 16.6 Å². The first kappa shape index (κ1) is 27.2. The fraction of sp³-hybridized carbons (Fsp3) is 0.250. The van der Waals surface area contributed by atoms with Crippen LogP contribution in [0.15, 0.2) is 71.5 Å². The van der Waals surface area contributed by atoms with E-state index >= 15 is 0 Å². The lowest BCUT2D eigenvalue weighted by molar-refractivity contribution is -0.137. The Morgan fingerprint density at radius 1 is 1.11 bits per heavy atom. The number of nitrogens with zero attached hydrogens (tertiary/aromatic N) is 3. The highest BCUT2D eigenvalue weighted by Crippen LogP contribution is 2.31. The summed E-state index contributed by atoms with van der Waals surface area (Å²) in [5.74, 6) is 0.222. The standard InChI is InChI=1S/C28H25ClF3N3O3/c1-4-14-34(26(36)18-6-5-7-19(15-18)28(30,31)32)17(2)25-33-24-16-20(29)8-13-23(24)27(37)35(25)21-9-11-22(38-3)12-10-21/h5-13,15-17H,4,14H2,1-3H3. The smallest absolute Gasteiger partial charge is 0.416 e. The maximum atomic E-state index is 13.7. The van der Waals surface area contributed by atoms with Crippen LogP contribution in [-0.4, -0.2) is 34.0 Å². The summed E-state index contributed by atoms with van der Waals surface area (Å²) in [4.78, 5) is 33.4. The van der Waals surface area contributed by atoms with E-state index in [1.807, 2.05) is 6.92 Å². The van der Waals surface area contributed by atoms with E-state index in [2.05, 4.69) is 0 Å². The van der Waals surface area contributed by atoms with E-state index in [0.29, 0.717) is 33.8 Å². The number of carbonyl (C=O) groups excluding carboxylic acids is 1. The number of amides is 1. The zero-order valence-corrected chi connectivity index (χ0v) is 21.7. The topological polar surface area (TPSA) is 64.4 Å². The van der Waals surface area contributed by atoms with Gasteiger partial charge in [0.2, 0.25) is 0 Å². The first-order valence-corrected chi connectivity index (χ1v) is 12.3. The summed E-state index contributed by atoms with van der Waals surface area (Å²) in [6.07, 6.45) is -4.06. The van der Waals surface area contributed by atoms with Gasteiger partial charge in [-0.3, -0.25) is 14.2 Å². The van der Waals surface area contributed by atoms with Gasteiger partial charge in [0.1, 0.15) is 11.6 Å². The lowest BCUT2D eigenvalue weighted by Gasteiger charge is -2.30. The van der Waals surface area contributed by atoms with Gasteiger partial charge >= 0.3 is 6.18 Å². The maximum absolute atomic E-state index is 13.7. The molecule has 1 heterocycles. The number of benzene rings is 3. The third kappa shape index (κ3) is 5.38. The average molecular weight is 544 g/mol. The molecule has 0 saturated heterocycles. The molecular weight excluding hydrogens is 519 g/mol. The van der Waals surface area contributed by atoms with E-state index in [0.717, 1.165) is 12.1 Å². The van der Waals surface area contributed by atoms with Gasteiger partial charge in [-0.1, -0.05) is 24.6 Å². The Morgan fingerprint density at radius 2 is 1.82 bits per heavy atom. The molecule has 4 rings (SSSR count). The van der Waals surface area contributed by atoms with E-state index in [-0.39, 0.29) is 23.5 Å². The van der Waals surface area contributed by atoms with Crippen LogP contribution in [0.2, 0.25) is 5.02 Å². The van der Waals surface area contributed by atoms with Crippen LogP contribution in [0.5, 0.6) is 5.75 Å². The zero-order valence-electron chi connectivity index (χ0n) is 20.9. The van der Waals surface area contributed by atoms with Crippen molar-refractivity contribution in [3.8, 4) is 11.4 Å². The van der Waals surface area contributed by atoms with Gasteiger partial charge in [-0.15, -0.1) is 0 Å². The number of ether oxygens (including phenoxy) is 1. The van der Waals surface area contributed by atoms with Crippen molar-refractivity contribution in [1.29, 1.82) is 0 Å². The average Bonchev–Trinajstić information content (AvgIpc) is 2.90. The van der Waals surface area contributed by atoms with Crippen molar-refractivity contribution < 1.29 is 22.7 Å². The summed E-state index contributed by atoms with van der Waals surface area (Å²) in [5.41, 5.74) is -0.563. The van der Waals surface area contributed by atoms with Crippen molar-refractivity contribution >= 4 is 28.4 Å². The second kappa shape index (κ2) is 10.9. The third-order valence-corrected chi connectivity index (χ3v) is 6.43. The molecule has 0 aliphatic heterocycles. The molecule has 0 fully saturated rings. The molecule has 10 heteroatoms. The van der Waals surface area contributed by atoms with Crippen molar-refractivity contribution in [2.75, 3.05) is 13.7 Å². The van der Waals surface area contributed by atoms with Gasteiger partial charge in [-0.2, -0.15) is 13.2 Å². The highest BCUT2D eigenvalue weighted by Gasteiger charge is 2.32. The molecule has 198 valence electrons. The number of hydrogen-bond acceptors (Lipinski definition) is 4. The fourth-order valence-corrected chi connectivity index (χ4v) is 4.45. The molecule has 1 amide bonds. The summed E-state index contributed by atoms with van der Waals surface area (Å²) >= 11 is 6.17. The summed E-state index contributed by atoms with van der Waals surface area (Å²) < 4.78 is 46.6. The van der Waals surface area contributed by atoms with Crippen molar-refractivity contribution in [3.05, 3.63) is 99.1 Å². The Kier molecular flexibility index (Phi) is 7.78. The molecule has 0 bridgehead atoms. The number of alkyl halides is 3. The molecule has 0 aliphatic carbocycles. The Bertz CT molecular complexity index is 1530. The molecule has 3 aromatic carbocycles. The van der Waals surface area contributed by atoms with Crippen molar-refractivity contribution in [2.45, 2.75) is 32.5 Å². The van der Waals surface area contributed by atoms with Crippen LogP contribution in [0, 0.1) is 0 Å². The van der Waals surface area contributed by atoms with Crippen LogP contribution in [0.1, 0.15) is 48.1 Å². The minimum absolute atomic E-state index is 0.109. The molecule has 1 atom stereocenters. The largest absolute Gasteiger partial charge is 0.497 e. The minimum atomic E-state index is -4.59. The number of carbonyl (C=O) groups is 1. The van der Waals surface area contributed by atoms with Gasteiger partial charge in [0.05, 0.1) is 35.3 Å². The molecule has 38 heavy (non-hydrogen) atoms. The quantitative estimate of drug-likeness (QED) is 0.261. The second-order valence-electron chi connectivity index (χ2n) is 8.72. The Morgan fingerprint density at radius 3 is 2.45 bits per heavy atom. The highest BCUT2D eigenvalue weighted by molar-refractivity contribution is 6.31. The lowest BCUT2D eigenvalue weighted by atomic mass is 10.1. The number of aromatic nitrogens is 2. The van der Waals surface area contributed by atoms with Crippen LogP contribution < -0.4 is 10.3 Å². The van der Waals surface area contributed by atoms with E-state index in [1.54, 1.807) is 49.4 Å². The van der Waals surface area contributed by atoms with Gasteiger partial charge in [0.15, 0.2) is 0 Å². The highest BCUT2D eigenvalue weighted by atomic mass is 35.5. The summed E-state index contributed by atoms with van der Waals surface area (Å²) in [6.45, 7) is 3.77. The first-order valence-electron chi connectivity index (χ1n) is 11.9. The zero-order chi connectivity index (χ0) is 27.6. The number of fused-ring (bicyclic) bond motifs is 1. The van der Waals surface area contributed by atoms with E-state index in [9.17, 15) is 22.8 Å². The number of rotatable bonds is 7. The Balaban J connectivity index is 1.89. The van der Waals surface area contributed by atoms with Crippen LogP contribution in [-0.2, 0) is 6.18 Å². The Labute approximate surface area is 222 Å². The van der Waals surface area contributed by atoms with Crippen molar-refractivity contribution in [3.63, 3.8) is 0 Å². The number of halogens is 4. The van der Waals surface area contributed by atoms with Crippen LogP contribution in [0.4, 0.5) is 13.2 Å². The number of methoxy groups -OCH3 is 1. The van der Waals surface area contributed by atoms with Crippen molar-refractivity contribution in [1.82, 2.24) is 14.5 Å².